The van der Waals surface area contributed by atoms with Crippen LogP contribution in [0.25, 0.3) is 0 Å². The van der Waals surface area contributed by atoms with Gasteiger partial charge in [0, 0.05) is 22.5 Å². The zero-order valence-electron chi connectivity index (χ0n) is 14.9. The zero-order valence-corrected chi connectivity index (χ0v) is 18.8. The Morgan fingerprint density at radius 1 is 1.31 bits per heavy atom. The normalized spacial score (nSPS) is 11.9. The van der Waals surface area contributed by atoms with E-state index in [1.54, 1.807) is 6.92 Å². The lowest BCUT2D eigenvalue weighted by Gasteiger charge is -2.12. The van der Waals surface area contributed by atoms with Crippen molar-refractivity contribution >= 4 is 52.9 Å². The van der Waals surface area contributed by atoms with E-state index in [0.29, 0.717) is 17.1 Å². The zero-order chi connectivity index (χ0) is 20.7. The van der Waals surface area contributed by atoms with Crippen molar-refractivity contribution in [3.05, 3.63) is 44.9 Å². The molecule has 1 aromatic carbocycles. The molecule has 2 N–H and O–H groups in total. The van der Waals surface area contributed by atoms with Gasteiger partial charge in [-0.3, -0.25) is 0 Å². The average Bonchev–Trinajstić information content (AvgIpc) is 3.08. The number of ether oxygens (including phenoxy) is 1. The van der Waals surface area contributed by atoms with E-state index in [2.05, 4.69) is 25.3 Å². The van der Waals surface area contributed by atoms with Crippen molar-refractivity contribution in [2.45, 2.75) is 32.8 Å². The average molecular weight is 571 g/mol. The van der Waals surface area contributed by atoms with Gasteiger partial charge in [-0.05, 0) is 25.1 Å². The molecule has 0 unspecified atom stereocenters. The van der Waals surface area contributed by atoms with Crippen molar-refractivity contribution < 1.29 is 26.7 Å². The molecule has 1 aromatic heterocycles. The third-order valence-corrected chi connectivity index (χ3v) is 4.32. The number of aromatic nitrogens is 1. The minimum atomic E-state index is -4.50. The van der Waals surface area contributed by atoms with Crippen LogP contribution in [-0.2, 0) is 19.3 Å². The van der Waals surface area contributed by atoms with Gasteiger partial charge in [0.15, 0.2) is 11.7 Å². The van der Waals surface area contributed by atoms with Gasteiger partial charge in [0.1, 0.15) is 10.8 Å². The summed E-state index contributed by atoms with van der Waals surface area (Å²) in [5.74, 6) is 0.211. The van der Waals surface area contributed by atoms with Crippen LogP contribution in [0, 0.1) is 0 Å². The van der Waals surface area contributed by atoms with Gasteiger partial charge in [-0.15, -0.1) is 35.3 Å². The molecule has 0 spiro atoms. The fourth-order valence-corrected chi connectivity index (χ4v) is 3.01. The Morgan fingerprint density at radius 2 is 2.03 bits per heavy atom. The minimum absolute atomic E-state index is 0. The summed E-state index contributed by atoms with van der Waals surface area (Å²) in [4.78, 5) is 7.75. The lowest BCUT2D eigenvalue weighted by molar-refractivity contribution is -0.140. The van der Waals surface area contributed by atoms with E-state index in [1.807, 2.05) is 0 Å². The highest BCUT2D eigenvalue weighted by molar-refractivity contribution is 14.0. The topological polar surface area (TPSA) is 58.5 Å². The molecule has 0 bridgehead atoms. The number of alkyl halides is 5. The van der Waals surface area contributed by atoms with Crippen molar-refractivity contribution in [1.29, 1.82) is 0 Å². The highest BCUT2D eigenvalue weighted by atomic mass is 127. The van der Waals surface area contributed by atoms with Gasteiger partial charge in [-0.25, -0.2) is 9.98 Å². The monoisotopic (exact) mass is 570 g/mol. The van der Waals surface area contributed by atoms with E-state index < -0.39 is 18.5 Å². The molecule has 0 radical (unpaired) electrons. The lowest BCUT2D eigenvalue weighted by atomic mass is 10.2. The van der Waals surface area contributed by atoms with Crippen molar-refractivity contribution in [2.24, 2.45) is 4.99 Å². The van der Waals surface area contributed by atoms with Crippen LogP contribution in [-0.4, -0.2) is 24.1 Å². The van der Waals surface area contributed by atoms with Crippen LogP contribution in [0.4, 0.5) is 22.0 Å². The Kier molecular flexibility index (Phi) is 10.3. The molecule has 5 nitrogen and oxygen atoms in total. The molecular formula is C16H17ClF5IN4OS. The summed E-state index contributed by atoms with van der Waals surface area (Å²) >= 11 is 6.75. The molecule has 0 atom stereocenters. The molecule has 1 heterocycles. The second kappa shape index (κ2) is 11.7. The smallest absolute Gasteiger partial charge is 0.434 e. The van der Waals surface area contributed by atoms with Crippen LogP contribution in [0.1, 0.15) is 23.2 Å². The quantitative estimate of drug-likeness (QED) is 0.206. The molecule has 0 amide bonds. The number of thiazole rings is 1. The number of guanidine groups is 1. The predicted octanol–water partition coefficient (Wildman–Crippen LogP) is 5.29. The number of hydrogen-bond donors (Lipinski definition) is 2. The molecule has 13 heteroatoms. The molecule has 0 saturated heterocycles. The van der Waals surface area contributed by atoms with Crippen LogP contribution in [0.15, 0.2) is 28.6 Å². The first-order valence-corrected chi connectivity index (χ1v) is 9.21. The number of nitrogens with zero attached hydrogens (tertiary/aromatic N) is 2. The van der Waals surface area contributed by atoms with Crippen LogP contribution in [0.2, 0.25) is 5.02 Å². The van der Waals surface area contributed by atoms with Crippen LogP contribution >= 0.6 is 46.9 Å². The van der Waals surface area contributed by atoms with E-state index in [9.17, 15) is 22.0 Å². The van der Waals surface area contributed by atoms with Crippen molar-refractivity contribution in [1.82, 2.24) is 15.6 Å². The number of halogens is 7. The van der Waals surface area contributed by atoms with Crippen molar-refractivity contribution in [3.8, 4) is 5.75 Å². The van der Waals surface area contributed by atoms with Gasteiger partial charge in [-0.2, -0.15) is 22.0 Å². The van der Waals surface area contributed by atoms with Crippen molar-refractivity contribution in [3.63, 3.8) is 0 Å². The van der Waals surface area contributed by atoms with Gasteiger partial charge in [0.2, 0.25) is 0 Å². The molecule has 2 aromatic rings. The number of rotatable bonds is 7. The SMILES string of the molecule is CCNC(=NCc1cc(Cl)ccc1OC(F)F)NCc1nc(C(F)(F)F)cs1.I. The molecule has 0 aliphatic carbocycles. The van der Waals surface area contributed by atoms with Gasteiger partial charge >= 0.3 is 12.8 Å². The first-order valence-electron chi connectivity index (χ1n) is 7.96. The summed E-state index contributed by atoms with van der Waals surface area (Å²) in [5.41, 5.74) is -0.623. The maximum Gasteiger partial charge on any atom is 0.434 e. The summed E-state index contributed by atoms with van der Waals surface area (Å²) in [6, 6.07) is 4.17. The standard InChI is InChI=1S/C16H16ClF5N4OS.HI/c1-2-23-15(25-7-13-26-12(8-28-13)16(20,21)22)24-6-9-5-10(17)3-4-11(9)27-14(18)19;/h3-5,8,14H,2,6-7H2,1H3,(H2,23,24,25);1H. The summed E-state index contributed by atoms with van der Waals surface area (Å²) < 4.78 is 67.3. The Hall–Kier alpha value is -1.41. The lowest BCUT2D eigenvalue weighted by Crippen LogP contribution is -2.36. The third kappa shape index (κ3) is 8.46. The Bertz CT molecular complexity index is 819. The summed E-state index contributed by atoms with van der Waals surface area (Å²) in [7, 11) is 0. The molecule has 29 heavy (non-hydrogen) atoms. The number of aliphatic imine (C=N–C) groups is 1. The summed E-state index contributed by atoms with van der Waals surface area (Å²) in [5, 5.41) is 7.23. The fourth-order valence-electron chi connectivity index (χ4n) is 2.07. The Morgan fingerprint density at radius 3 is 2.62 bits per heavy atom. The van der Waals surface area contributed by atoms with Crippen LogP contribution in [0.3, 0.4) is 0 Å². The Labute approximate surface area is 189 Å². The molecule has 0 aliphatic heterocycles. The second-order valence-corrected chi connectivity index (χ2v) is 6.68. The maximum atomic E-state index is 12.6. The van der Waals surface area contributed by atoms with Gasteiger partial charge in [-0.1, -0.05) is 11.6 Å². The van der Waals surface area contributed by atoms with Gasteiger partial charge in [0.25, 0.3) is 0 Å². The van der Waals surface area contributed by atoms with Gasteiger partial charge in [0.05, 0.1) is 13.1 Å². The maximum absolute atomic E-state index is 12.6. The van der Waals surface area contributed by atoms with Crippen molar-refractivity contribution in [2.75, 3.05) is 6.54 Å². The largest absolute Gasteiger partial charge is 0.434 e. The Balaban J connectivity index is 0.00000420. The van der Waals surface area contributed by atoms with E-state index in [0.717, 1.165) is 16.7 Å². The highest BCUT2D eigenvalue weighted by Crippen LogP contribution is 2.30. The van der Waals surface area contributed by atoms with E-state index in [-0.39, 0.29) is 53.8 Å². The first kappa shape index (κ1) is 25.6. The van der Waals surface area contributed by atoms with Gasteiger partial charge < -0.3 is 15.4 Å². The van der Waals surface area contributed by atoms with Crippen LogP contribution in [0.5, 0.6) is 5.75 Å². The molecule has 2 rings (SSSR count). The molecular weight excluding hydrogens is 554 g/mol. The summed E-state index contributed by atoms with van der Waals surface area (Å²) in [6.07, 6.45) is -4.50. The minimum Gasteiger partial charge on any atom is -0.434 e. The molecule has 0 aliphatic rings. The number of nitrogens with one attached hydrogen (secondary N) is 2. The predicted molar refractivity (Wildman–Crippen MR) is 112 cm³/mol. The third-order valence-electron chi connectivity index (χ3n) is 3.24. The van der Waals surface area contributed by atoms with E-state index in [1.165, 1.54) is 18.2 Å². The highest BCUT2D eigenvalue weighted by Gasteiger charge is 2.33. The second-order valence-electron chi connectivity index (χ2n) is 5.30. The molecule has 162 valence electrons. The summed E-state index contributed by atoms with van der Waals surface area (Å²) in [6.45, 7) is -0.741. The van der Waals surface area contributed by atoms with Crippen LogP contribution < -0.4 is 15.4 Å². The number of benzene rings is 1. The van der Waals surface area contributed by atoms with E-state index >= 15 is 0 Å². The molecule has 0 saturated carbocycles. The first-order chi connectivity index (χ1) is 13.2. The molecule has 0 fully saturated rings. The van der Waals surface area contributed by atoms with E-state index in [4.69, 9.17) is 11.6 Å². The number of hydrogen-bond acceptors (Lipinski definition) is 4. The fraction of sp³-hybridized carbons (Fsp3) is 0.375.